The van der Waals surface area contributed by atoms with E-state index in [0.29, 0.717) is 0 Å². The van der Waals surface area contributed by atoms with E-state index in [1.54, 1.807) is 0 Å². The number of hydrogen-bond acceptors (Lipinski definition) is 1. The van der Waals surface area contributed by atoms with E-state index >= 15 is 0 Å². The van der Waals surface area contributed by atoms with E-state index in [2.05, 4.69) is 27.7 Å². The molecule has 0 aromatic carbocycles. The first-order valence-electron chi connectivity index (χ1n) is 25.9. The first kappa shape index (κ1) is 53.0. The lowest BCUT2D eigenvalue weighted by Crippen LogP contribution is -2.47. The van der Waals surface area contributed by atoms with Crippen LogP contribution in [0.1, 0.15) is 323 Å². The monoisotopic (exact) mass is 746 g/mol. The summed E-state index contributed by atoms with van der Waals surface area (Å²) < 4.78 is 0. The van der Waals surface area contributed by atoms with Gasteiger partial charge in [-0.2, -0.15) is 0 Å². The molecule has 320 valence electrons. The Kier molecular flexibility index (Phi) is 44.6. The van der Waals surface area contributed by atoms with Gasteiger partial charge >= 0.3 is 0 Å². The van der Waals surface area contributed by atoms with E-state index in [1.807, 2.05) is 0 Å². The molecule has 0 aliphatic carbocycles. The van der Waals surface area contributed by atoms with Crippen molar-refractivity contribution >= 4 is 0 Å². The fraction of sp³-hybridized carbons (Fsp3) is 1.00. The van der Waals surface area contributed by atoms with Crippen molar-refractivity contribution in [2.45, 2.75) is 329 Å². The second kappa shape index (κ2) is 44.7. The SMILES string of the molecule is CCCCCCCCCCCCCCC(CCCCCCCCCCCC)C(N)(CCCCCCCCCCCC)CCCCCCCCCCCC. The highest BCUT2D eigenvalue weighted by molar-refractivity contribution is 4.91. The zero-order valence-electron chi connectivity index (χ0n) is 38.2. The fourth-order valence-electron chi connectivity index (χ4n) is 9.25. The van der Waals surface area contributed by atoms with E-state index in [9.17, 15) is 0 Å². The Morgan fingerprint density at radius 3 is 0.623 bits per heavy atom. The zero-order valence-corrected chi connectivity index (χ0v) is 38.2. The fourth-order valence-corrected chi connectivity index (χ4v) is 9.25. The summed E-state index contributed by atoms with van der Waals surface area (Å²) in [4.78, 5) is 0. The first-order chi connectivity index (χ1) is 26.1. The summed E-state index contributed by atoms with van der Waals surface area (Å²) in [5.41, 5.74) is 7.80. The van der Waals surface area contributed by atoms with Gasteiger partial charge in [0.05, 0.1) is 0 Å². The van der Waals surface area contributed by atoms with E-state index < -0.39 is 0 Å². The van der Waals surface area contributed by atoms with Crippen LogP contribution in [0.4, 0.5) is 0 Å². The Balaban J connectivity index is 4.98. The van der Waals surface area contributed by atoms with Crippen molar-refractivity contribution in [1.29, 1.82) is 0 Å². The Morgan fingerprint density at radius 1 is 0.245 bits per heavy atom. The lowest BCUT2D eigenvalue weighted by molar-refractivity contribution is 0.189. The molecule has 0 fully saturated rings. The summed E-state index contributed by atoms with van der Waals surface area (Å²) in [6.45, 7) is 9.31. The first-order valence-corrected chi connectivity index (χ1v) is 25.9. The Labute approximate surface area is 339 Å². The van der Waals surface area contributed by atoms with Crippen LogP contribution in [0.2, 0.25) is 0 Å². The molecule has 1 unspecified atom stereocenters. The summed E-state index contributed by atoms with van der Waals surface area (Å²) >= 11 is 0. The number of nitrogens with two attached hydrogens (primary N) is 1. The highest BCUT2D eigenvalue weighted by atomic mass is 14.8. The summed E-state index contributed by atoms with van der Waals surface area (Å²) in [5, 5.41) is 0. The molecule has 0 aromatic rings. The minimum atomic E-state index is 0.0807. The van der Waals surface area contributed by atoms with Crippen molar-refractivity contribution in [3.8, 4) is 0 Å². The van der Waals surface area contributed by atoms with Gasteiger partial charge in [-0.3, -0.25) is 0 Å². The van der Waals surface area contributed by atoms with Crippen LogP contribution < -0.4 is 5.73 Å². The maximum Gasteiger partial charge on any atom is 0.0182 e. The molecule has 0 bridgehead atoms. The van der Waals surface area contributed by atoms with Crippen LogP contribution in [0.3, 0.4) is 0 Å². The molecule has 1 atom stereocenters. The van der Waals surface area contributed by atoms with Crippen molar-refractivity contribution in [3.05, 3.63) is 0 Å². The normalized spacial score (nSPS) is 12.6. The number of hydrogen-bond donors (Lipinski definition) is 1. The van der Waals surface area contributed by atoms with Crippen LogP contribution in [0.15, 0.2) is 0 Å². The molecule has 0 saturated heterocycles. The second-order valence-electron chi connectivity index (χ2n) is 18.4. The van der Waals surface area contributed by atoms with E-state index in [1.165, 1.54) is 295 Å². The molecule has 0 aromatic heterocycles. The van der Waals surface area contributed by atoms with Crippen molar-refractivity contribution in [2.75, 3.05) is 0 Å². The Bertz CT molecular complexity index is 617. The predicted octanol–water partition coefficient (Wildman–Crippen LogP) is 19.3. The average molecular weight is 746 g/mol. The van der Waals surface area contributed by atoms with Gasteiger partial charge in [-0.05, 0) is 31.6 Å². The van der Waals surface area contributed by atoms with Crippen LogP contribution >= 0.6 is 0 Å². The van der Waals surface area contributed by atoms with Gasteiger partial charge in [0.25, 0.3) is 0 Å². The molecule has 1 nitrogen and oxygen atoms in total. The van der Waals surface area contributed by atoms with Gasteiger partial charge in [0.15, 0.2) is 0 Å². The molecule has 2 N–H and O–H groups in total. The minimum absolute atomic E-state index is 0.0807. The molecule has 0 aliphatic heterocycles. The number of rotatable bonds is 47. The standard InChI is InChI=1S/C52H107N/c1-5-9-13-17-21-25-29-30-32-36-40-44-48-51(47-43-39-35-31-26-22-18-14-10-6-2)52(53,49-45-41-37-33-27-23-19-15-11-7-3)50-46-42-38-34-28-24-20-16-12-8-4/h51H,5-50,53H2,1-4H3. The second-order valence-corrected chi connectivity index (χ2v) is 18.4. The quantitative estimate of drug-likeness (QED) is 0.0617. The van der Waals surface area contributed by atoms with Gasteiger partial charge in [-0.1, -0.05) is 297 Å². The van der Waals surface area contributed by atoms with Gasteiger partial charge in [0.1, 0.15) is 0 Å². The maximum atomic E-state index is 7.72. The van der Waals surface area contributed by atoms with Gasteiger partial charge in [0.2, 0.25) is 0 Å². The Hall–Kier alpha value is -0.0400. The van der Waals surface area contributed by atoms with E-state index in [-0.39, 0.29) is 5.54 Å². The largest absolute Gasteiger partial charge is 0.325 e. The zero-order chi connectivity index (χ0) is 38.6. The molecule has 0 rings (SSSR count). The highest BCUT2D eigenvalue weighted by Gasteiger charge is 2.33. The van der Waals surface area contributed by atoms with Crippen LogP contribution in [0, 0.1) is 5.92 Å². The molecule has 0 amide bonds. The van der Waals surface area contributed by atoms with Gasteiger partial charge < -0.3 is 5.73 Å². The highest BCUT2D eigenvalue weighted by Crippen LogP contribution is 2.36. The smallest absolute Gasteiger partial charge is 0.0182 e. The topological polar surface area (TPSA) is 26.0 Å². The molecule has 0 heterocycles. The molecule has 0 saturated carbocycles. The van der Waals surface area contributed by atoms with Gasteiger partial charge in [-0.25, -0.2) is 0 Å². The van der Waals surface area contributed by atoms with Crippen LogP contribution in [-0.4, -0.2) is 5.54 Å². The van der Waals surface area contributed by atoms with Crippen molar-refractivity contribution in [3.63, 3.8) is 0 Å². The molecule has 0 spiro atoms. The van der Waals surface area contributed by atoms with Crippen LogP contribution in [0.5, 0.6) is 0 Å². The summed E-state index contributed by atoms with van der Waals surface area (Å²) in [5.74, 6) is 0.747. The summed E-state index contributed by atoms with van der Waals surface area (Å²) in [6.07, 6.45) is 65.7. The molecule has 53 heavy (non-hydrogen) atoms. The molecule has 1 heteroatoms. The molecular weight excluding hydrogens is 639 g/mol. The van der Waals surface area contributed by atoms with Gasteiger partial charge in [0, 0.05) is 5.54 Å². The van der Waals surface area contributed by atoms with Crippen molar-refractivity contribution < 1.29 is 0 Å². The predicted molar refractivity (Wildman–Crippen MR) is 245 cm³/mol. The molecule has 0 aliphatic rings. The van der Waals surface area contributed by atoms with Crippen LogP contribution in [0.25, 0.3) is 0 Å². The molecular formula is C52H107N. The third kappa shape index (κ3) is 38.6. The Morgan fingerprint density at radius 2 is 0.415 bits per heavy atom. The average Bonchev–Trinajstić information content (AvgIpc) is 3.16. The minimum Gasteiger partial charge on any atom is -0.325 e. The van der Waals surface area contributed by atoms with E-state index in [0.717, 1.165) is 5.92 Å². The van der Waals surface area contributed by atoms with Crippen LogP contribution in [-0.2, 0) is 0 Å². The van der Waals surface area contributed by atoms with Gasteiger partial charge in [-0.15, -0.1) is 0 Å². The lowest BCUT2D eigenvalue weighted by Gasteiger charge is -2.39. The number of unbranched alkanes of at least 4 members (excludes halogenated alkanes) is 38. The van der Waals surface area contributed by atoms with Crippen molar-refractivity contribution in [2.24, 2.45) is 11.7 Å². The summed E-state index contributed by atoms with van der Waals surface area (Å²) in [7, 11) is 0. The maximum absolute atomic E-state index is 7.72. The van der Waals surface area contributed by atoms with Crippen molar-refractivity contribution in [1.82, 2.24) is 0 Å². The third-order valence-corrected chi connectivity index (χ3v) is 13.1. The summed E-state index contributed by atoms with van der Waals surface area (Å²) in [6, 6.07) is 0. The third-order valence-electron chi connectivity index (χ3n) is 13.1. The molecule has 0 radical (unpaired) electrons. The van der Waals surface area contributed by atoms with E-state index in [4.69, 9.17) is 5.73 Å². The lowest BCUT2D eigenvalue weighted by atomic mass is 9.72.